The number of aryl methyl sites for hydroxylation is 1. The smallest absolute Gasteiger partial charge is 0.214 e. The molecule has 2 heterocycles. The van der Waals surface area contributed by atoms with Crippen molar-refractivity contribution in [2.24, 2.45) is 11.8 Å². The van der Waals surface area contributed by atoms with Crippen LogP contribution in [-0.2, 0) is 16.4 Å². The Balaban J connectivity index is 1.62. The van der Waals surface area contributed by atoms with E-state index in [-0.39, 0.29) is 17.8 Å². The van der Waals surface area contributed by atoms with E-state index in [1.54, 1.807) is 16.7 Å². The highest BCUT2D eigenvalue weighted by Gasteiger charge is 2.45. The van der Waals surface area contributed by atoms with Crippen molar-refractivity contribution in [2.45, 2.75) is 25.4 Å². The van der Waals surface area contributed by atoms with Gasteiger partial charge in [-0.1, -0.05) is 0 Å². The van der Waals surface area contributed by atoms with Crippen molar-refractivity contribution in [3.05, 3.63) is 30.1 Å². The summed E-state index contributed by atoms with van der Waals surface area (Å²) < 4.78 is 26.3. The third kappa shape index (κ3) is 2.73. The van der Waals surface area contributed by atoms with Crippen LogP contribution in [0.25, 0.3) is 0 Å². The van der Waals surface area contributed by atoms with Crippen molar-refractivity contribution < 1.29 is 13.5 Å². The van der Waals surface area contributed by atoms with Gasteiger partial charge in [0.15, 0.2) is 0 Å². The van der Waals surface area contributed by atoms with Gasteiger partial charge in [0.05, 0.1) is 11.9 Å². The number of nitrogens with zero attached hydrogens (tertiary/aromatic N) is 2. The molecule has 1 saturated carbocycles. The number of sulfonamides is 1. The van der Waals surface area contributed by atoms with Crippen molar-refractivity contribution >= 4 is 10.0 Å². The molecule has 1 saturated heterocycles. The third-order valence-electron chi connectivity index (χ3n) is 4.58. The Morgan fingerprint density at radius 2 is 2.00 bits per heavy atom. The molecule has 3 rings (SSSR count). The number of hydrogen-bond acceptors (Lipinski definition) is 4. The van der Waals surface area contributed by atoms with E-state index in [0.717, 1.165) is 18.4 Å². The molecule has 20 heavy (non-hydrogen) atoms. The predicted molar refractivity (Wildman–Crippen MR) is 75.5 cm³/mol. The highest BCUT2D eigenvalue weighted by molar-refractivity contribution is 7.89. The second-order valence-corrected chi connectivity index (χ2v) is 7.90. The normalized spacial score (nSPS) is 30.6. The molecule has 1 aromatic heterocycles. The molecule has 0 bridgehead atoms. The van der Waals surface area contributed by atoms with Crippen LogP contribution >= 0.6 is 0 Å². The van der Waals surface area contributed by atoms with Gasteiger partial charge in [0.2, 0.25) is 10.0 Å². The van der Waals surface area contributed by atoms with E-state index in [4.69, 9.17) is 0 Å². The van der Waals surface area contributed by atoms with Gasteiger partial charge in [-0.25, -0.2) is 12.7 Å². The van der Waals surface area contributed by atoms with Gasteiger partial charge in [0.1, 0.15) is 0 Å². The van der Waals surface area contributed by atoms with E-state index >= 15 is 0 Å². The molecule has 0 aromatic carbocycles. The largest absolute Gasteiger partial charge is 0.393 e. The van der Waals surface area contributed by atoms with E-state index in [1.165, 1.54) is 0 Å². The zero-order valence-electron chi connectivity index (χ0n) is 11.4. The van der Waals surface area contributed by atoms with Gasteiger partial charge in [-0.05, 0) is 42.9 Å². The standard InChI is InChI=1S/C14H20N2O3S/c17-14-2-1-12-9-16(10-13(12)14)20(18,19)8-5-11-3-6-15-7-4-11/h3-4,6-7,12-14,17H,1-2,5,8-10H2. The summed E-state index contributed by atoms with van der Waals surface area (Å²) in [4.78, 5) is 3.93. The van der Waals surface area contributed by atoms with E-state index in [2.05, 4.69) is 4.98 Å². The Labute approximate surface area is 119 Å². The van der Waals surface area contributed by atoms with Gasteiger partial charge < -0.3 is 5.11 Å². The molecule has 3 unspecified atom stereocenters. The highest BCUT2D eigenvalue weighted by Crippen LogP contribution is 2.39. The van der Waals surface area contributed by atoms with E-state index < -0.39 is 10.0 Å². The summed E-state index contributed by atoms with van der Waals surface area (Å²) >= 11 is 0. The Bertz CT molecular complexity index is 561. The Morgan fingerprint density at radius 3 is 2.70 bits per heavy atom. The van der Waals surface area contributed by atoms with Crippen molar-refractivity contribution in [1.29, 1.82) is 0 Å². The summed E-state index contributed by atoms with van der Waals surface area (Å²) in [5, 5.41) is 9.86. The fraction of sp³-hybridized carbons (Fsp3) is 0.643. The predicted octanol–water partition coefficient (Wildman–Crippen LogP) is 0.657. The molecule has 6 heteroatoms. The molecule has 0 amide bonds. The molecule has 1 aliphatic heterocycles. The molecule has 5 nitrogen and oxygen atoms in total. The molecule has 1 aliphatic carbocycles. The van der Waals surface area contributed by atoms with Gasteiger partial charge in [-0.15, -0.1) is 0 Å². The first-order valence-corrected chi connectivity index (χ1v) is 8.72. The summed E-state index contributed by atoms with van der Waals surface area (Å²) in [7, 11) is -3.22. The molecule has 1 aromatic rings. The minimum absolute atomic E-state index is 0.131. The average molecular weight is 296 g/mol. The molecule has 110 valence electrons. The Morgan fingerprint density at radius 1 is 1.25 bits per heavy atom. The minimum Gasteiger partial charge on any atom is -0.393 e. The van der Waals surface area contributed by atoms with Gasteiger partial charge in [-0.3, -0.25) is 4.98 Å². The van der Waals surface area contributed by atoms with Gasteiger partial charge in [0, 0.05) is 31.4 Å². The molecular weight excluding hydrogens is 276 g/mol. The SMILES string of the molecule is O=S(=O)(CCc1ccncc1)N1CC2CCC(O)C2C1. The number of aromatic nitrogens is 1. The van der Waals surface area contributed by atoms with Crippen LogP contribution in [0.2, 0.25) is 0 Å². The summed E-state index contributed by atoms with van der Waals surface area (Å²) in [5.74, 6) is 0.624. The highest BCUT2D eigenvalue weighted by atomic mass is 32.2. The van der Waals surface area contributed by atoms with Crippen molar-refractivity contribution in [1.82, 2.24) is 9.29 Å². The summed E-state index contributed by atoms with van der Waals surface area (Å²) in [6.45, 7) is 1.07. The van der Waals surface area contributed by atoms with Crippen molar-refractivity contribution in [3.8, 4) is 0 Å². The first-order chi connectivity index (χ1) is 9.56. The molecule has 2 aliphatic rings. The van der Waals surface area contributed by atoms with Crippen molar-refractivity contribution in [2.75, 3.05) is 18.8 Å². The van der Waals surface area contributed by atoms with Gasteiger partial charge in [-0.2, -0.15) is 0 Å². The second-order valence-electron chi connectivity index (χ2n) is 5.81. The zero-order chi connectivity index (χ0) is 14.2. The van der Waals surface area contributed by atoms with E-state index in [1.807, 2.05) is 12.1 Å². The van der Waals surface area contributed by atoms with Crippen LogP contribution in [0.3, 0.4) is 0 Å². The van der Waals surface area contributed by atoms with Crippen LogP contribution < -0.4 is 0 Å². The monoisotopic (exact) mass is 296 g/mol. The number of rotatable bonds is 4. The molecule has 0 radical (unpaired) electrons. The summed E-state index contributed by atoms with van der Waals surface area (Å²) in [5.41, 5.74) is 0.989. The van der Waals surface area contributed by atoms with Crippen LogP contribution in [0, 0.1) is 11.8 Å². The number of fused-ring (bicyclic) bond motifs is 1. The molecule has 0 spiro atoms. The van der Waals surface area contributed by atoms with Gasteiger partial charge >= 0.3 is 0 Å². The van der Waals surface area contributed by atoms with Crippen molar-refractivity contribution in [3.63, 3.8) is 0 Å². The lowest BCUT2D eigenvalue weighted by atomic mass is 10.00. The number of pyridine rings is 1. The van der Waals surface area contributed by atoms with E-state index in [0.29, 0.717) is 25.4 Å². The lowest BCUT2D eigenvalue weighted by Gasteiger charge is -2.18. The maximum absolute atomic E-state index is 12.4. The fourth-order valence-corrected chi connectivity index (χ4v) is 4.92. The van der Waals surface area contributed by atoms with Gasteiger partial charge in [0.25, 0.3) is 0 Å². The van der Waals surface area contributed by atoms with Crippen LogP contribution in [0.15, 0.2) is 24.5 Å². The van der Waals surface area contributed by atoms with Crippen LogP contribution in [-0.4, -0.2) is 47.8 Å². The zero-order valence-corrected chi connectivity index (χ0v) is 12.2. The maximum Gasteiger partial charge on any atom is 0.214 e. The molecule has 1 N–H and O–H groups in total. The fourth-order valence-electron chi connectivity index (χ4n) is 3.35. The van der Waals surface area contributed by atoms with Crippen LogP contribution in [0.4, 0.5) is 0 Å². The number of aliphatic hydroxyl groups excluding tert-OH is 1. The quantitative estimate of drug-likeness (QED) is 0.886. The molecule has 3 atom stereocenters. The Kier molecular flexibility index (Phi) is 3.79. The average Bonchev–Trinajstić information content (AvgIpc) is 3.01. The lowest BCUT2D eigenvalue weighted by Crippen LogP contribution is -2.33. The topological polar surface area (TPSA) is 70.5 Å². The molecule has 2 fully saturated rings. The Hall–Kier alpha value is -0.980. The van der Waals surface area contributed by atoms with E-state index in [9.17, 15) is 13.5 Å². The summed E-state index contributed by atoms with van der Waals surface area (Å²) in [6.07, 6.45) is 5.32. The summed E-state index contributed by atoms with van der Waals surface area (Å²) in [6, 6.07) is 3.69. The van der Waals surface area contributed by atoms with Crippen LogP contribution in [0.1, 0.15) is 18.4 Å². The second kappa shape index (κ2) is 5.42. The molecular formula is C14H20N2O3S. The minimum atomic E-state index is -3.22. The first-order valence-electron chi connectivity index (χ1n) is 7.11. The maximum atomic E-state index is 12.4. The first kappa shape index (κ1) is 14.0. The third-order valence-corrected chi connectivity index (χ3v) is 6.38. The lowest BCUT2D eigenvalue weighted by molar-refractivity contribution is 0.129. The number of aliphatic hydroxyl groups is 1. The number of hydrogen-bond donors (Lipinski definition) is 1. The van der Waals surface area contributed by atoms with Crippen LogP contribution in [0.5, 0.6) is 0 Å².